The Balaban J connectivity index is 1.99. The van der Waals surface area contributed by atoms with Gasteiger partial charge in [-0.3, -0.25) is 14.4 Å². The summed E-state index contributed by atoms with van der Waals surface area (Å²) < 4.78 is 44.5. The smallest absolute Gasteiger partial charge is 0.418 e. The number of amides is 3. The maximum Gasteiger partial charge on any atom is 0.418 e. The van der Waals surface area contributed by atoms with Crippen molar-refractivity contribution < 1.29 is 32.0 Å². The molecule has 0 radical (unpaired) electrons. The van der Waals surface area contributed by atoms with Crippen LogP contribution >= 0.6 is 0 Å². The summed E-state index contributed by atoms with van der Waals surface area (Å²) in [6.07, 6.45) is -3.66. The summed E-state index contributed by atoms with van der Waals surface area (Å²) in [6.45, 7) is 1.08. The van der Waals surface area contributed by atoms with Crippen LogP contribution in [0.15, 0.2) is 41.0 Å². The van der Waals surface area contributed by atoms with Crippen LogP contribution in [-0.4, -0.2) is 24.3 Å². The highest BCUT2D eigenvalue weighted by molar-refractivity contribution is 5.94. The van der Waals surface area contributed by atoms with E-state index in [4.69, 9.17) is 4.42 Å². The molecule has 0 aliphatic rings. The van der Waals surface area contributed by atoms with Gasteiger partial charge < -0.3 is 20.4 Å². The van der Waals surface area contributed by atoms with E-state index in [-0.39, 0.29) is 24.4 Å². The van der Waals surface area contributed by atoms with Gasteiger partial charge in [-0.1, -0.05) is 0 Å². The molecule has 0 aliphatic carbocycles. The lowest BCUT2D eigenvalue weighted by molar-refractivity contribution is -0.137. The number of carbonyl (C=O) groups is 3. The maximum atomic E-state index is 13.2. The van der Waals surface area contributed by atoms with E-state index in [0.29, 0.717) is 0 Å². The number of anilines is 2. The van der Waals surface area contributed by atoms with E-state index in [1.165, 1.54) is 31.4 Å². The number of benzene rings is 1. The van der Waals surface area contributed by atoms with Crippen LogP contribution < -0.4 is 16.0 Å². The molecule has 144 valence electrons. The van der Waals surface area contributed by atoms with E-state index < -0.39 is 35.1 Å². The Morgan fingerprint density at radius 1 is 1.11 bits per heavy atom. The maximum absolute atomic E-state index is 13.2. The van der Waals surface area contributed by atoms with Crippen LogP contribution in [0, 0.1) is 0 Å². The molecule has 2 aromatic rings. The van der Waals surface area contributed by atoms with Crippen molar-refractivity contribution in [2.24, 2.45) is 0 Å². The first kappa shape index (κ1) is 20.0. The first-order valence-electron chi connectivity index (χ1n) is 7.77. The van der Waals surface area contributed by atoms with Crippen molar-refractivity contribution in [3.63, 3.8) is 0 Å². The molecule has 0 bridgehead atoms. The molecular formula is C17H16F3N3O4. The molecule has 0 spiro atoms. The standard InChI is InChI=1S/C17H16F3N3O4/c1-10(24)22-11-4-5-13(12(9-11)17(18,19)20)23-15(25)6-7-21-16(26)14-3-2-8-27-14/h2-5,8-9H,6-7H2,1H3,(H,21,26)(H,22,24)(H,23,25). The van der Waals surface area contributed by atoms with Crippen LogP contribution in [0.1, 0.15) is 29.5 Å². The Labute approximate surface area is 151 Å². The number of furan rings is 1. The second-order valence-electron chi connectivity index (χ2n) is 5.47. The van der Waals surface area contributed by atoms with E-state index in [1.54, 1.807) is 0 Å². The summed E-state index contributed by atoms with van der Waals surface area (Å²) in [6, 6.07) is 5.97. The van der Waals surface area contributed by atoms with Crippen molar-refractivity contribution in [1.82, 2.24) is 5.32 Å². The van der Waals surface area contributed by atoms with E-state index in [1.807, 2.05) is 0 Å². The summed E-state index contributed by atoms with van der Waals surface area (Å²) in [7, 11) is 0. The van der Waals surface area contributed by atoms with Gasteiger partial charge in [0.05, 0.1) is 17.5 Å². The number of rotatable bonds is 6. The van der Waals surface area contributed by atoms with Gasteiger partial charge in [0.15, 0.2) is 5.76 Å². The van der Waals surface area contributed by atoms with Crippen LogP contribution in [-0.2, 0) is 15.8 Å². The summed E-state index contributed by atoms with van der Waals surface area (Å²) >= 11 is 0. The van der Waals surface area contributed by atoms with Gasteiger partial charge in [0, 0.05) is 25.6 Å². The monoisotopic (exact) mass is 383 g/mol. The molecule has 0 unspecified atom stereocenters. The lowest BCUT2D eigenvalue weighted by atomic mass is 10.1. The lowest BCUT2D eigenvalue weighted by Gasteiger charge is -2.15. The predicted octanol–water partition coefficient (Wildman–Crippen LogP) is 3.02. The molecule has 3 N–H and O–H groups in total. The molecule has 1 aromatic carbocycles. The van der Waals surface area contributed by atoms with Gasteiger partial charge in [-0.05, 0) is 30.3 Å². The van der Waals surface area contributed by atoms with E-state index in [0.717, 1.165) is 12.1 Å². The van der Waals surface area contributed by atoms with Crippen LogP contribution in [0.25, 0.3) is 0 Å². The molecular weight excluding hydrogens is 367 g/mol. The first-order valence-corrected chi connectivity index (χ1v) is 7.77. The van der Waals surface area contributed by atoms with E-state index in [9.17, 15) is 27.6 Å². The van der Waals surface area contributed by atoms with Gasteiger partial charge in [0.2, 0.25) is 11.8 Å². The number of alkyl halides is 3. The SMILES string of the molecule is CC(=O)Nc1ccc(NC(=O)CCNC(=O)c2ccco2)c(C(F)(F)F)c1. The summed E-state index contributed by atoms with van der Waals surface area (Å²) in [5.74, 6) is -1.72. The third kappa shape index (κ3) is 5.87. The van der Waals surface area contributed by atoms with Crippen LogP contribution in [0.5, 0.6) is 0 Å². The molecule has 0 fully saturated rings. The summed E-state index contributed by atoms with van der Waals surface area (Å²) in [4.78, 5) is 34.5. The molecule has 0 atom stereocenters. The Bertz CT molecular complexity index is 832. The van der Waals surface area contributed by atoms with Crippen molar-refractivity contribution in [3.05, 3.63) is 47.9 Å². The Morgan fingerprint density at radius 2 is 1.85 bits per heavy atom. The van der Waals surface area contributed by atoms with Crippen molar-refractivity contribution in [1.29, 1.82) is 0 Å². The highest BCUT2D eigenvalue weighted by Gasteiger charge is 2.34. The number of halogens is 3. The zero-order chi connectivity index (χ0) is 20.0. The first-order chi connectivity index (χ1) is 12.7. The highest BCUT2D eigenvalue weighted by atomic mass is 19.4. The fraction of sp³-hybridized carbons (Fsp3) is 0.235. The molecule has 27 heavy (non-hydrogen) atoms. The number of hydrogen-bond donors (Lipinski definition) is 3. The molecule has 1 aromatic heterocycles. The average Bonchev–Trinajstić information content (AvgIpc) is 3.09. The zero-order valence-corrected chi connectivity index (χ0v) is 14.1. The number of carbonyl (C=O) groups excluding carboxylic acids is 3. The average molecular weight is 383 g/mol. The third-order valence-corrected chi connectivity index (χ3v) is 3.30. The molecule has 0 saturated heterocycles. The van der Waals surface area contributed by atoms with Crippen LogP contribution in [0.3, 0.4) is 0 Å². The minimum Gasteiger partial charge on any atom is -0.459 e. The van der Waals surface area contributed by atoms with Crippen molar-refractivity contribution in [2.45, 2.75) is 19.5 Å². The van der Waals surface area contributed by atoms with Gasteiger partial charge in [-0.2, -0.15) is 13.2 Å². The molecule has 3 amide bonds. The largest absolute Gasteiger partial charge is 0.459 e. The van der Waals surface area contributed by atoms with Crippen LogP contribution in [0.2, 0.25) is 0 Å². The molecule has 7 nitrogen and oxygen atoms in total. The molecule has 0 aliphatic heterocycles. The normalized spacial score (nSPS) is 11.0. The van der Waals surface area contributed by atoms with Gasteiger partial charge in [-0.15, -0.1) is 0 Å². The Morgan fingerprint density at radius 3 is 2.44 bits per heavy atom. The van der Waals surface area contributed by atoms with Crippen molar-refractivity contribution >= 4 is 29.1 Å². The van der Waals surface area contributed by atoms with Gasteiger partial charge >= 0.3 is 6.18 Å². The quantitative estimate of drug-likeness (QED) is 0.714. The van der Waals surface area contributed by atoms with Crippen LogP contribution in [0.4, 0.5) is 24.5 Å². The number of nitrogens with one attached hydrogen (secondary N) is 3. The van der Waals surface area contributed by atoms with Gasteiger partial charge in [0.1, 0.15) is 0 Å². The van der Waals surface area contributed by atoms with E-state index in [2.05, 4.69) is 16.0 Å². The van der Waals surface area contributed by atoms with Crippen molar-refractivity contribution in [2.75, 3.05) is 17.2 Å². The van der Waals surface area contributed by atoms with E-state index >= 15 is 0 Å². The molecule has 2 rings (SSSR count). The highest BCUT2D eigenvalue weighted by Crippen LogP contribution is 2.36. The zero-order valence-electron chi connectivity index (χ0n) is 14.1. The molecule has 10 heteroatoms. The fourth-order valence-corrected chi connectivity index (χ4v) is 2.17. The minimum absolute atomic E-state index is 0.0430. The second kappa shape index (κ2) is 8.39. The van der Waals surface area contributed by atoms with Gasteiger partial charge in [0.25, 0.3) is 5.91 Å². The number of hydrogen-bond acceptors (Lipinski definition) is 4. The second-order valence-corrected chi connectivity index (χ2v) is 5.47. The molecule has 0 saturated carbocycles. The topological polar surface area (TPSA) is 100 Å². The van der Waals surface area contributed by atoms with Gasteiger partial charge in [-0.25, -0.2) is 0 Å². The summed E-state index contributed by atoms with van der Waals surface area (Å²) in [5, 5.41) is 6.82. The third-order valence-electron chi connectivity index (χ3n) is 3.30. The Hall–Kier alpha value is -3.30. The predicted molar refractivity (Wildman–Crippen MR) is 90.0 cm³/mol. The molecule has 1 heterocycles. The Kier molecular flexibility index (Phi) is 6.22. The lowest BCUT2D eigenvalue weighted by Crippen LogP contribution is -2.27. The minimum atomic E-state index is -4.73. The fourth-order valence-electron chi connectivity index (χ4n) is 2.17. The summed E-state index contributed by atoms with van der Waals surface area (Å²) in [5.41, 5.74) is -1.58. The van der Waals surface area contributed by atoms with Crippen molar-refractivity contribution in [3.8, 4) is 0 Å².